The third-order valence-electron chi connectivity index (χ3n) is 3.20. The van der Waals surface area contributed by atoms with Gasteiger partial charge < -0.3 is 10.0 Å². The van der Waals surface area contributed by atoms with Gasteiger partial charge in [-0.15, -0.1) is 0 Å². The fourth-order valence-electron chi connectivity index (χ4n) is 2.19. The normalized spacial score (nSPS) is 12.9. The number of anilines is 1. The Bertz CT molecular complexity index is 452. The summed E-state index contributed by atoms with van der Waals surface area (Å²) >= 11 is 0. The Morgan fingerprint density at radius 2 is 1.95 bits per heavy atom. The van der Waals surface area contributed by atoms with Crippen LogP contribution in [0.15, 0.2) is 30.3 Å². The van der Waals surface area contributed by atoms with E-state index < -0.39 is 5.97 Å². The quantitative estimate of drug-likeness (QED) is 0.794. The van der Waals surface area contributed by atoms with E-state index in [9.17, 15) is 4.79 Å². The van der Waals surface area contributed by atoms with Gasteiger partial charge in [0.05, 0.1) is 0 Å². The first-order chi connectivity index (χ1) is 8.91. The molecule has 1 N–H and O–H groups in total. The summed E-state index contributed by atoms with van der Waals surface area (Å²) in [7, 11) is 2.06. The molecule has 0 radical (unpaired) electrons. The molecule has 1 atom stereocenters. The van der Waals surface area contributed by atoms with Gasteiger partial charge >= 0.3 is 5.97 Å². The van der Waals surface area contributed by atoms with E-state index in [0.29, 0.717) is 12.0 Å². The molecule has 0 saturated heterocycles. The largest absolute Gasteiger partial charge is 0.478 e. The zero-order chi connectivity index (χ0) is 14.4. The van der Waals surface area contributed by atoms with Gasteiger partial charge in [0.1, 0.15) is 0 Å². The maximum Gasteiger partial charge on any atom is 0.328 e. The van der Waals surface area contributed by atoms with Crippen LogP contribution in [-0.4, -0.2) is 24.2 Å². The number of nitrogens with zero attached hydrogens (tertiary/aromatic N) is 1. The molecule has 1 aromatic carbocycles. The second kappa shape index (κ2) is 6.98. The SMILES string of the molecule is CC(C)CC(C)N(C)c1ccccc1C=CC(=O)O. The fourth-order valence-corrected chi connectivity index (χ4v) is 2.19. The summed E-state index contributed by atoms with van der Waals surface area (Å²) in [6.07, 6.45) is 3.93. The van der Waals surface area contributed by atoms with Gasteiger partial charge in [0.25, 0.3) is 0 Å². The first-order valence-electron chi connectivity index (χ1n) is 6.64. The average molecular weight is 261 g/mol. The van der Waals surface area contributed by atoms with Crippen molar-refractivity contribution < 1.29 is 9.90 Å². The molecule has 3 nitrogen and oxygen atoms in total. The van der Waals surface area contributed by atoms with E-state index in [1.54, 1.807) is 6.08 Å². The van der Waals surface area contributed by atoms with E-state index >= 15 is 0 Å². The van der Waals surface area contributed by atoms with E-state index in [4.69, 9.17) is 5.11 Å². The van der Waals surface area contributed by atoms with E-state index in [-0.39, 0.29) is 0 Å². The van der Waals surface area contributed by atoms with Crippen molar-refractivity contribution in [2.75, 3.05) is 11.9 Å². The minimum Gasteiger partial charge on any atom is -0.478 e. The predicted molar refractivity (Wildman–Crippen MR) is 80.4 cm³/mol. The molecule has 0 spiro atoms. The fraction of sp³-hybridized carbons (Fsp3) is 0.438. The standard InChI is InChI=1S/C16H23NO2/c1-12(2)11-13(3)17(4)15-8-6-5-7-14(15)9-10-16(18)19/h5-10,12-13H,11H2,1-4H3,(H,18,19). The number of hydrogen-bond donors (Lipinski definition) is 1. The molecule has 0 heterocycles. The van der Waals surface area contributed by atoms with Crippen molar-refractivity contribution in [3.8, 4) is 0 Å². The lowest BCUT2D eigenvalue weighted by molar-refractivity contribution is -0.131. The van der Waals surface area contributed by atoms with Gasteiger partial charge in [-0.25, -0.2) is 4.79 Å². The second-order valence-corrected chi connectivity index (χ2v) is 5.32. The Morgan fingerprint density at radius 1 is 1.32 bits per heavy atom. The van der Waals surface area contributed by atoms with E-state index in [1.165, 1.54) is 6.08 Å². The molecule has 0 aliphatic rings. The zero-order valence-corrected chi connectivity index (χ0v) is 12.1. The van der Waals surface area contributed by atoms with Crippen LogP contribution in [0.4, 0.5) is 5.69 Å². The van der Waals surface area contributed by atoms with E-state index in [0.717, 1.165) is 17.7 Å². The maximum atomic E-state index is 10.6. The van der Waals surface area contributed by atoms with Crippen LogP contribution in [0, 0.1) is 5.92 Å². The van der Waals surface area contributed by atoms with Crippen molar-refractivity contribution in [2.45, 2.75) is 33.2 Å². The molecule has 0 aliphatic carbocycles. The number of carbonyl (C=O) groups is 1. The van der Waals surface area contributed by atoms with Gasteiger partial charge in [0.2, 0.25) is 0 Å². The first-order valence-corrected chi connectivity index (χ1v) is 6.64. The summed E-state index contributed by atoms with van der Waals surface area (Å²) in [5, 5.41) is 8.73. The highest BCUT2D eigenvalue weighted by molar-refractivity contribution is 5.87. The Kier molecular flexibility index (Phi) is 5.61. The molecule has 1 aromatic rings. The highest BCUT2D eigenvalue weighted by Crippen LogP contribution is 2.24. The predicted octanol–water partition coefficient (Wildman–Crippen LogP) is 3.66. The van der Waals surface area contributed by atoms with Crippen LogP contribution in [0.25, 0.3) is 6.08 Å². The van der Waals surface area contributed by atoms with Crippen molar-refractivity contribution in [3.63, 3.8) is 0 Å². The highest BCUT2D eigenvalue weighted by Gasteiger charge is 2.13. The van der Waals surface area contributed by atoms with Crippen LogP contribution in [0.1, 0.15) is 32.8 Å². The van der Waals surface area contributed by atoms with Crippen LogP contribution in [0.3, 0.4) is 0 Å². The van der Waals surface area contributed by atoms with Crippen LogP contribution in [0.2, 0.25) is 0 Å². The molecule has 104 valence electrons. The van der Waals surface area contributed by atoms with Gasteiger partial charge in [-0.05, 0) is 37.0 Å². The lowest BCUT2D eigenvalue weighted by atomic mass is 10.0. The molecule has 0 saturated carbocycles. The minimum atomic E-state index is -0.923. The second-order valence-electron chi connectivity index (χ2n) is 5.32. The molecule has 1 rings (SSSR count). The summed E-state index contributed by atoms with van der Waals surface area (Å²) in [5.74, 6) is -0.285. The Hall–Kier alpha value is -1.77. The number of rotatable bonds is 6. The zero-order valence-electron chi connectivity index (χ0n) is 12.1. The summed E-state index contributed by atoms with van der Waals surface area (Å²) < 4.78 is 0. The topological polar surface area (TPSA) is 40.5 Å². The minimum absolute atomic E-state index is 0.416. The number of carboxylic acids is 1. The van der Waals surface area contributed by atoms with Crippen molar-refractivity contribution in [3.05, 3.63) is 35.9 Å². The van der Waals surface area contributed by atoms with Gasteiger partial charge in [-0.3, -0.25) is 0 Å². The molecule has 0 aromatic heterocycles. The summed E-state index contributed by atoms with van der Waals surface area (Å²) in [4.78, 5) is 12.8. The Morgan fingerprint density at radius 3 is 2.53 bits per heavy atom. The van der Waals surface area contributed by atoms with Crippen LogP contribution < -0.4 is 4.90 Å². The third kappa shape index (κ3) is 4.78. The van der Waals surface area contributed by atoms with Gasteiger partial charge in [0.15, 0.2) is 0 Å². The summed E-state index contributed by atoms with van der Waals surface area (Å²) in [6.45, 7) is 6.61. The molecule has 0 fully saturated rings. The van der Waals surface area contributed by atoms with Crippen LogP contribution in [0.5, 0.6) is 0 Å². The number of hydrogen-bond acceptors (Lipinski definition) is 2. The van der Waals surface area contributed by atoms with Crippen molar-refractivity contribution in [2.24, 2.45) is 5.92 Å². The first kappa shape index (κ1) is 15.3. The van der Waals surface area contributed by atoms with Crippen LogP contribution >= 0.6 is 0 Å². The lowest BCUT2D eigenvalue weighted by Gasteiger charge is -2.29. The van der Waals surface area contributed by atoms with Gasteiger partial charge in [0, 0.05) is 24.9 Å². The monoisotopic (exact) mass is 261 g/mol. The molecule has 0 amide bonds. The lowest BCUT2D eigenvalue weighted by Crippen LogP contribution is -2.30. The molecule has 0 aliphatic heterocycles. The summed E-state index contributed by atoms with van der Waals surface area (Å²) in [6, 6.07) is 8.28. The van der Waals surface area contributed by atoms with Crippen LogP contribution in [-0.2, 0) is 4.79 Å². The molecule has 19 heavy (non-hydrogen) atoms. The molecular formula is C16H23NO2. The van der Waals surface area contributed by atoms with E-state index in [2.05, 4.69) is 32.7 Å². The van der Waals surface area contributed by atoms with Crippen molar-refractivity contribution in [1.29, 1.82) is 0 Å². The third-order valence-corrected chi connectivity index (χ3v) is 3.20. The molecule has 0 bridgehead atoms. The van der Waals surface area contributed by atoms with Gasteiger partial charge in [-0.1, -0.05) is 32.0 Å². The molecular weight excluding hydrogens is 238 g/mol. The Labute approximate surface area is 115 Å². The number of para-hydroxylation sites is 1. The summed E-state index contributed by atoms with van der Waals surface area (Å²) in [5.41, 5.74) is 2.00. The highest BCUT2D eigenvalue weighted by atomic mass is 16.4. The maximum absolute atomic E-state index is 10.6. The number of aliphatic carboxylic acids is 1. The number of benzene rings is 1. The molecule has 1 unspecified atom stereocenters. The molecule has 3 heteroatoms. The smallest absolute Gasteiger partial charge is 0.328 e. The van der Waals surface area contributed by atoms with Crippen molar-refractivity contribution in [1.82, 2.24) is 0 Å². The van der Waals surface area contributed by atoms with E-state index in [1.807, 2.05) is 24.3 Å². The van der Waals surface area contributed by atoms with Crippen molar-refractivity contribution >= 4 is 17.7 Å². The number of carboxylic acid groups (broad SMARTS) is 1. The van der Waals surface area contributed by atoms with Gasteiger partial charge in [-0.2, -0.15) is 0 Å². The average Bonchev–Trinajstić information content (AvgIpc) is 2.35. The Balaban J connectivity index is 2.96.